The van der Waals surface area contributed by atoms with Crippen LogP contribution in [0.15, 0.2) is 54.6 Å². The first-order chi connectivity index (χ1) is 10.3. The average Bonchev–Trinajstić information content (AvgIpc) is 2.55. The van der Waals surface area contributed by atoms with Gasteiger partial charge in [-0.3, -0.25) is 0 Å². The van der Waals surface area contributed by atoms with Crippen molar-refractivity contribution in [1.29, 1.82) is 5.26 Å². The zero-order valence-corrected chi connectivity index (χ0v) is 11.7. The Kier molecular flexibility index (Phi) is 5.77. The molecule has 2 N–H and O–H groups in total. The minimum absolute atomic E-state index is 0.0363. The highest BCUT2D eigenvalue weighted by Crippen LogP contribution is 2.16. The molecule has 21 heavy (non-hydrogen) atoms. The Morgan fingerprint density at radius 1 is 1.14 bits per heavy atom. The van der Waals surface area contributed by atoms with Crippen molar-refractivity contribution in [3.8, 4) is 11.8 Å². The average molecular weight is 282 g/mol. The second-order valence-electron chi connectivity index (χ2n) is 4.62. The highest BCUT2D eigenvalue weighted by molar-refractivity contribution is 5.29. The molecule has 1 atom stereocenters. The molecule has 108 valence electrons. The standard InChI is InChI=1S/C17H18N2O2/c18-9-10-21-16-8-4-5-14(11-16)12-19-17(13-20)15-6-2-1-3-7-15/h1-8,11,17,19-20H,10,12-13H2/t17-/m1/s1. The molecule has 0 bridgehead atoms. The maximum absolute atomic E-state index is 9.50. The molecule has 0 aromatic heterocycles. The van der Waals surface area contributed by atoms with E-state index in [1.807, 2.05) is 60.7 Å². The third kappa shape index (κ3) is 4.60. The number of nitrogens with one attached hydrogen (secondary N) is 1. The van der Waals surface area contributed by atoms with Crippen LogP contribution in [0.5, 0.6) is 5.75 Å². The van der Waals surface area contributed by atoms with Crippen molar-refractivity contribution in [3.63, 3.8) is 0 Å². The Morgan fingerprint density at radius 3 is 2.67 bits per heavy atom. The molecule has 2 aromatic rings. The van der Waals surface area contributed by atoms with Gasteiger partial charge >= 0.3 is 0 Å². The lowest BCUT2D eigenvalue weighted by molar-refractivity contribution is 0.243. The van der Waals surface area contributed by atoms with E-state index in [-0.39, 0.29) is 19.3 Å². The van der Waals surface area contributed by atoms with E-state index in [0.29, 0.717) is 12.3 Å². The zero-order valence-electron chi connectivity index (χ0n) is 11.7. The summed E-state index contributed by atoms with van der Waals surface area (Å²) < 4.78 is 5.28. The molecule has 0 aliphatic carbocycles. The van der Waals surface area contributed by atoms with Gasteiger partial charge in [-0.2, -0.15) is 5.26 Å². The number of nitrogens with zero attached hydrogens (tertiary/aromatic N) is 1. The molecule has 0 saturated carbocycles. The van der Waals surface area contributed by atoms with Crippen LogP contribution in [-0.2, 0) is 6.54 Å². The van der Waals surface area contributed by atoms with Crippen molar-refractivity contribution < 1.29 is 9.84 Å². The topological polar surface area (TPSA) is 65.3 Å². The molecule has 2 aromatic carbocycles. The monoisotopic (exact) mass is 282 g/mol. The maximum atomic E-state index is 9.50. The molecule has 0 heterocycles. The quantitative estimate of drug-likeness (QED) is 0.818. The Morgan fingerprint density at radius 2 is 1.95 bits per heavy atom. The first-order valence-corrected chi connectivity index (χ1v) is 6.81. The van der Waals surface area contributed by atoms with Crippen molar-refractivity contribution in [2.45, 2.75) is 12.6 Å². The summed E-state index contributed by atoms with van der Waals surface area (Å²) in [5.41, 5.74) is 2.09. The SMILES string of the molecule is N#CCOc1cccc(CN[C@H](CO)c2ccccc2)c1. The Bertz CT molecular complexity index is 593. The lowest BCUT2D eigenvalue weighted by atomic mass is 10.1. The molecule has 0 aliphatic rings. The molecular formula is C17H18N2O2. The fraction of sp³-hybridized carbons (Fsp3) is 0.235. The number of benzene rings is 2. The zero-order chi connectivity index (χ0) is 14.9. The summed E-state index contributed by atoms with van der Waals surface area (Å²) in [5.74, 6) is 0.677. The van der Waals surface area contributed by atoms with E-state index in [9.17, 15) is 5.11 Å². The van der Waals surface area contributed by atoms with E-state index in [4.69, 9.17) is 10.00 Å². The predicted octanol–water partition coefficient (Wildman–Crippen LogP) is 2.41. The van der Waals surface area contributed by atoms with Crippen LogP contribution in [0.2, 0.25) is 0 Å². The summed E-state index contributed by atoms with van der Waals surface area (Å²) in [6.07, 6.45) is 0. The van der Waals surface area contributed by atoms with Gasteiger partial charge in [-0.1, -0.05) is 42.5 Å². The second-order valence-corrected chi connectivity index (χ2v) is 4.62. The van der Waals surface area contributed by atoms with Gasteiger partial charge in [0, 0.05) is 6.54 Å². The van der Waals surface area contributed by atoms with Gasteiger partial charge in [0.05, 0.1) is 12.6 Å². The van der Waals surface area contributed by atoms with Gasteiger partial charge in [-0.15, -0.1) is 0 Å². The van der Waals surface area contributed by atoms with Crippen LogP contribution in [0.1, 0.15) is 17.2 Å². The smallest absolute Gasteiger partial charge is 0.174 e. The molecule has 0 unspecified atom stereocenters. The van der Waals surface area contributed by atoms with Crippen molar-refractivity contribution in [2.24, 2.45) is 0 Å². The molecule has 4 nitrogen and oxygen atoms in total. The summed E-state index contributed by atoms with van der Waals surface area (Å²) >= 11 is 0. The third-order valence-electron chi connectivity index (χ3n) is 3.14. The molecule has 0 fully saturated rings. The van der Waals surface area contributed by atoms with Gasteiger partial charge in [-0.05, 0) is 23.3 Å². The first-order valence-electron chi connectivity index (χ1n) is 6.81. The van der Waals surface area contributed by atoms with E-state index in [1.165, 1.54) is 0 Å². The van der Waals surface area contributed by atoms with E-state index in [2.05, 4.69) is 5.32 Å². The molecule has 0 saturated heterocycles. The minimum Gasteiger partial charge on any atom is -0.479 e. The van der Waals surface area contributed by atoms with Crippen molar-refractivity contribution in [2.75, 3.05) is 13.2 Å². The first kappa shape index (κ1) is 15.0. The van der Waals surface area contributed by atoms with Crippen molar-refractivity contribution in [3.05, 3.63) is 65.7 Å². The molecule has 0 spiro atoms. The van der Waals surface area contributed by atoms with Gasteiger partial charge in [0.25, 0.3) is 0 Å². The van der Waals surface area contributed by atoms with Crippen molar-refractivity contribution in [1.82, 2.24) is 5.32 Å². The van der Waals surface area contributed by atoms with Crippen molar-refractivity contribution >= 4 is 0 Å². The number of nitriles is 1. The van der Waals surface area contributed by atoms with Gasteiger partial charge in [0.15, 0.2) is 6.61 Å². The number of aliphatic hydroxyl groups excluding tert-OH is 1. The molecule has 4 heteroatoms. The minimum atomic E-state index is -0.102. The van der Waals surface area contributed by atoms with Crippen LogP contribution in [-0.4, -0.2) is 18.3 Å². The van der Waals surface area contributed by atoms with E-state index in [0.717, 1.165) is 11.1 Å². The van der Waals surface area contributed by atoms with E-state index in [1.54, 1.807) is 0 Å². The third-order valence-corrected chi connectivity index (χ3v) is 3.14. The molecule has 2 rings (SSSR count). The second kappa shape index (κ2) is 8.05. The number of ether oxygens (including phenoxy) is 1. The van der Waals surface area contributed by atoms with Gasteiger partial charge in [0.2, 0.25) is 0 Å². The van der Waals surface area contributed by atoms with Crippen LogP contribution < -0.4 is 10.1 Å². The molecule has 0 amide bonds. The fourth-order valence-electron chi connectivity index (χ4n) is 2.08. The summed E-state index contributed by atoms with van der Waals surface area (Å²) in [4.78, 5) is 0. The maximum Gasteiger partial charge on any atom is 0.174 e. The molecule has 0 aliphatic heterocycles. The number of hydrogen-bond acceptors (Lipinski definition) is 4. The van der Waals surface area contributed by atoms with Crippen LogP contribution in [0, 0.1) is 11.3 Å². The Labute approximate surface area is 124 Å². The Hall–Kier alpha value is -2.35. The van der Waals surface area contributed by atoms with Crippen LogP contribution >= 0.6 is 0 Å². The highest BCUT2D eigenvalue weighted by atomic mass is 16.5. The lowest BCUT2D eigenvalue weighted by Crippen LogP contribution is -2.23. The summed E-state index contributed by atoms with van der Waals surface area (Å²) in [5, 5.41) is 21.3. The number of aliphatic hydroxyl groups is 1. The normalized spacial score (nSPS) is 11.6. The number of hydrogen-bond donors (Lipinski definition) is 2. The van der Waals surface area contributed by atoms with E-state index >= 15 is 0 Å². The highest BCUT2D eigenvalue weighted by Gasteiger charge is 2.09. The molecular weight excluding hydrogens is 264 g/mol. The van der Waals surface area contributed by atoms with Crippen LogP contribution in [0.3, 0.4) is 0 Å². The van der Waals surface area contributed by atoms with Gasteiger partial charge in [-0.25, -0.2) is 0 Å². The van der Waals surface area contributed by atoms with Crippen LogP contribution in [0.25, 0.3) is 0 Å². The molecule has 0 radical (unpaired) electrons. The fourth-order valence-corrected chi connectivity index (χ4v) is 2.08. The van der Waals surface area contributed by atoms with E-state index < -0.39 is 0 Å². The summed E-state index contributed by atoms with van der Waals surface area (Å²) in [6.45, 7) is 0.693. The predicted molar refractivity (Wildman–Crippen MR) is 80.7 cm³/mol. The lowest BCUT2D eigenvalue weighted by Gasteiger charge is -2.17. The van der Waals surface area contributed by atoms with Gasteiger partial charge < -0.3 is 15.2 Å². The largest absolute Gasteiger partial charge is 0.479 e. The summed E-state index contributed by atoms with van der Waals surface area (Å²) in [7, 11) is 0. The van der Waals surface area contributed by atoms with Crippen LogP contribution in [0.4, 0.5) is 0 Å². The number of rotatable bonds is 7. The Balaban J connectivity index is 1.97. The van der Waals surface area contributed by atoms with Gasteiger partial charge in [0.1, 0.15) is 11.8 Å². The summed E-state index contributed by atoms with van der Waals surface area (Å²) in [6, 6.07) is 19.3.